The van der Waals surface area contributed by atoms with Crippen molar-refractivity contribution in [1.29, 1.82) is 0 Å². The number of hydrogen-bond acceptors (Lipinski definition) is 4. The van der Waals surface area contributed by atoms with Crippen molar-refractivity contribution in [3.8, 4) is 0 Å². The number of carboxylic acids is 1. The monoisotopic (exact) mass is 217 g/mol. The van der Waals surface area contributed by atoms with Crippen LogP contribution in [0.5, 0.6) is 0 Å². The fourth-order valence-corrected chi connectivity index (χ4v) is 3.45. The molecule has 0 spiro atoms. The summed E-state index contributed by atoms with van der Waals surface area (Å²) in [5.41, 5.74) is 4.81. The molecule has 3 N–H and O–H groups in total. The molecule has 5 heteroatoms. The van der Waals surface area contributed by atoms with Gasteiger partial charge in [0.2, 0.25) is 0 Å². The van der Waals surface area contributed by atoms with E-state index in [4.69, 9.17) is 15.6 Å². The van der Waals surface area contributed by atoms with Gasteiger partial charge in [-0.2, -0.15) is 11.8 Å². The number of ether oxygens (including phenoxy) is 1. The fraction of sp³-hybridized carbons (Fsp3) is 0.889. The lowest BCUT2D eigenvalue weighted by Gasteiger charge is -2.28. The van der Waals surface area contributed by atoms with Crippen molar-refractivity contribution in [3.05, 3.63) is 0 Å². The number of carbonyl (C=O) groups is 1. The maximum atomic E-state index is 10.9. The Morgan fingerprint density at radius 1 is 1.50 bits per heavy atom. The largest absolute Gasteiger partial charge is 0.480 e. The molecule has 0 radical (unpaired) electrons. The summed E-state index contributed by atoms with van der Waals surface area (Å²) in [5.74, 6) is -0.856. The van der Waals surface area contributed by atoms with E-state index in [9.17, 15) is 4.79 Å². The summed E-state index contributed by atoms with van der Waals surface area (Å²) in [6, 6.07) is 0. The van der Waals surface area contributed by atoms with Crippen molar-refractivity contribution in [2.45, 2.75) is 35.3 Å². The number of aliphatic carboxylic acids is 1. The predicted molar refractivity (Wildman–Crippen MR) is 54.4 cm³/mol. The highest BCUT2D eigenvalue weighted by Crippen LogP contribution is 2.38. The normalized spacial score (nSPS) is 38.2. The molecule has 0 aromatic heterocycles. The van der Waals surface area contributed by atoms with E-state index in [2.05, 4.69) is 0 Å². The van der Waals surface area contributed by atoms with E-state index in [0.29, 0.717) is 23.3 Å². The van der Waals surface area contributed by atoms with Crippen LogP contribution in [0.1, 0.15) is 19.3 Å². The van der Waals surface area contributed by atoms with Gasteiger partial charge in [-0.3, -0.25) is 4.79 Å². The van der Waals surface area contributed by atoms with Gasteiger partial charge in [0.25, 0.3) is 0 Å². The molecule has 0 amide bonds. The fourth-order valence-electron chi connectivity index (χ4n) is 1.90. The van der Waals surface area contributed by atoms with Gasteiger partial charge >= 0.3 is 5.97 Å². The summed E-state index contributed by atoms with van der Waals surface area (Å²) in [4.78, 5) is 10.9. The number of hydrogen-bond donors (Lipinski definition) is 2. The zero-order valence-corrected chi connectivity index (χ0v) is 8.76. The van der Waals surface area contributed by atoms with Gasteiger partial charge in [0.05, 0.1) is 18.5 Å². The molecule has 1 saturated carbocycles. The summed E-state index contributed by atoms with van der Waals surface area (Å²) >= 11 is 1.85. The third-order valence-corrected chi connectivity index (χ3v) is 4.37. The number of nitrogens with two attached hydrogens (primary N) is 1. The lowest BCUT2D eigenvalue weighted by atomic mass is 10.0. The van der Waals surface area contributed by atoms with Gasteiger partial charge < -0.3 is 15.6 Å². The van der Waals surface area contributed by atoms with Crippen LogP contribution in [-0.2, 0) is 9.53 Å². The topological polar surface area (TPSA) is 72.6 Å². The molecule has 1 saturated heterocycles. The molecule has 2 atom stereocenters. The van der Waals surface area contributed by atoms with E-state index in [1.165, 1.54) is 0 Å². The molecule has 0 aromatic rings. The zero-order valence-electron chi connectivity index (χ0n) is 7.94. The summed E-state index contributed by atoms with van der Waals surface area (Å²) in [7, 11) is 0. The van der Waals surface area contributed by atoms with Crippen molar-refractivity contribution in [2.75, 3.05) is 13.2 Å². The minimum Gasteiger partial charge on any atom is -0.480 e. The SMILES string of the molecule is NC1(C(=O)O)CCC(SC2COC2)C1. The van der Waals surface area contributed by atoms with E-state index in [-0.39, 0.29) is 0 Å². The maximum Gasteiger partial charge on any atom is 0.323 e. The molecule has 14 heavy (non-hydrogen) atoms. The third-order valence-electron chi connectivity index (χ3n) is 2.92. The number of carboxylic acid groups (broad SMARTS) is 1. The lowest BCUT2D eigenvalue weighted by molar-refractivity contribution is -0.143. The highest BCUT2D eigenvalue weighted by molar-refractivity contribution is 8.00. The van der Waals surface area contributed by atoms with Gasteiger partial charge in [-0.25, -0.2) is 0 Å². The minimum absolute atomic E-state index is 0.407. The van der Waals surface area contributed by atoms with Gasteiger partial charge in [0.1, 0.15) is 5.54 Å². The first-order chi connectivity index (χ1) is 6.60. The minimum atomic E-state index is -0.970. The van der Waals surface area contributed by atoms with Crippen LogP contribution >= 0.6 is 11.8 Å². The van der Waals surface area contributed by atoms with Crippen LogP contribution in [0, 0.1) is 0 Å². The van der Waals surface area contributed by atoms with Crippen LogP contribution in [-0.4, -0.2) is 40.3 Å². The summed E-state index contributed by atoms with van der Waals surface area (Å²) in [6.45, 7) is 1.62. The molecule has 2 fully saturated rings. The Morgan fingerprint density at radius 3 is 2.64 bits per heavy atom. The second-order valence-corrected chi connectivity index (χ2v) is 5.73. The van der Waals surface area contributed by atoms with Crippen LogP contribution in [0.15, 0.2) is 0 Å². The Bertz CT molecular complexity index is 244. The van der Waals surface area contributed by atoms with Crippen molar-refractivity contribution in [2.24, 2.45) is 5.73 Å². The van der Waals surface area contributed by atoms with E-state index in [1.54, 1.807) is 0 Å². The number of thioether (sulfide) groups is 1. The molecule has 1 heterocycles. The Labute approximate surface area is 87.2 Å². The summed E-state index contributed by atoms with van der Waals surface area (Å²) in [6.07, 6.45) is 2.13. The van der Waals surface area contributed by atoms with E-state index < -0.39 is 11.5 Å². The van der Waals surface area contributed by atoms with Crippen molar-refractivity contribution in [3.63, 3.8) is 0 Å². The molecule has 80 valence electrons. The molecule has 0 aromatic carbocycles. The first-order valence-electron chi connectivity index (χ1n) is 4.86. The molecule has 1 aliphatic heterocycles. The molecule has 4 nitrogen and oxygen atoms in total. The highest BCUT2D eigenvalue weighted by atomic mass is 32.2. The van der Waals surface area contributed by atoms with E-state index in [0.717, 1.165) is 19.6 Å². The average Bonchev–Trinajstić information content (AvgIpc) is 2.42. The lowest BCUT2D eigenvalue weighted by Crippen LogP contribution is -2.45. The standard InChI is InChI=1S/C9H15NO3S/c10-9(8(11)12)2-1-6(3-9)14-7-4-13-5-7/h6-7H,1-5,10H2,(H,11,12). The Balaban J connectivity index is 1.84. The summed E-state index contributed by atoms with van der Waals surface area (Å²) in [5, 5.41) is 9.91. The molecule has 0 bridgehead atoms. The average molecular weight is 217 g/mol. The highest BCUT2D eigenvalue weighted by Gasteiger charge is 2.43. The third kappa shape index (κ3) is 1.89. The van der Waals surface area contributed by atoms with Gasteiger partial charge in [-0.1, -0.05) is 0 Å². The first-order valence-corrected chi connectivity index (χ1v) is 5.80. The Kier molecular flexibility index (Phi) is 2.72. The second-order valence-electron chi connectivity index (χ2n) is 4.12. The first kappa shape index (κ1) is 10.3. The predicted octanol–water partition coefficient (Wildman–Crippen LogP) is 0.453. The molecule has 1 aliphatic carbocycles. The van der Waals surface area contributed by atoms with Crippen LogP contribution < -0.4 is 5.73 Å². The smallest absolute Gasteiger partial charge is 0.323 e. The van der Waals surface area contributed by atoms with Gasteiger partial charge in [-0.05, 0) is 19.3 Å². The van der Waals surface area contributed by atoms with Crippen LogP contribution in [0.3, 0.4) is 0 Å². The van der Waals surface area contributed by atoms with Gasteiger partial charge in [0.15, 0.2) is 0 Å². The van der Waals surface area contributed by atoms with E-state index >= 15 is 0 Å². The molecule has 2 rings (SSSR count). The van der Waals surface area contributed by atoms with Crippen molar-refractivity contribution >= 4 is 17.7 Å². The van der Waals surface area contributed by atoms with Crippen molar-refractivity contribution < 1.29 is 14.6 Å². The molecule has 2 unspecified atom stereocenters. The molecular formula is C9H15NO3S. The second kappa shape index (κ2) is 3.72. The molecular weight excluding hydrogens is 202 g/mol. The van der Waals surface area contributed by atoms with Crippen LogP contribution in [0.25, 0.3) is 0 Å². The zero-order chi connectivity index (χ0) is 10.2. The Morgan fingerprint density at radius 2 is 2.21 bits per heavy atom. The summed E-state index contributed by atoms with van der Waals surface area (Å²) < 4.78 is 5.08. The van der Waals surface area contributed by atoms with Gasteiger partial charge in [-0.15, -0.1) is 0 Å². The van der Waals surface area contributed by atoms with Crippen LogP contribution in [0.4, 0.5) is 0 Å². The van der Waals surface area contributed by atoms with Gasteiger partial charge in [0, 0.05) is 5.25 Å². The van der Waals surface area contributed by atoms with E-state index in [1.807, 2.05) is 11.8 Å². The number of rotatable bonds is 3. The maximum absolute atomic E-state index is 10.9. The molecule has 2 aliphatic rings. The Hall–Kier alpha value is -0.260. The van der Waals surface area contributed by atoms with Crippen molar-refractivity contribution in [1.82, 2.24) is 0 Å². The quantitative estimate of drug-likeness (QED) is 0.718. The van der Waals surface area contributed by atoms with Crippen LogP contribution in [0.2, 0.25) is 0 Å².